The second-order valence-corrected chi connectivity index (χ2v) is 3.93. The fourth-order valence-corrected chi connectivity index (χ4v) is 2.61. The predicted octanol–water partition coefficient (Wildman–Crippen LogP) is 1.81. The van der Waals surface area contributed by atoms with E-state index in [0.717, 1.165) is 37.0 Å². The number of rotatable bonds is 2. The lowest BCUT2D eigenvalue weighted by molar-refractivity contribution is 0.274. The van der Waals surface area contributed by atoms with Crippen LogP contribution in [0.1, 0.15) is 32.1 Å². The van der Waals surface area contributed by atoms with Crippen molar-refractivity contribution in [1.82, 2.24) is 0 Å². The molecule has 0 saturated heterocycles. The number of fused-ring (bicyclic) bond motifs is 1. The van der Waals surface area contributed by atoms with Crippen LogP contribution < -0.4 is 0 Å². The molecule has 1 heteroatoms. The first-order valence-electron chi connectivity index (χ1n) is 5.00. The monoisotopic (exact) mass is 164 g/mol. The number of hydrogen-bond donors (Lipinski definition) is 1. The molecule has 0 bridgehead atoms. The molecule has 2 rings (SSSR count). The van der Waals surface area contributed by atoms with Crippen LogP contribution in [0.2, 0.25) is 0 Å². The molecule has 12 heavy (non-hydrogen) atoms. The highest BCUT2D eigenvalue weighted by molar-refractivity contribution is 5.07. The summed E-state index contributed by atoms with van der Waals surface area (Å²) in [6.45, 7) is 0.374. The Balaban J connectivity index is 1.87. The Bertz CT molecular complexity index is 193. The fourth-order valence-electron chi connectivity index (χ4n) is 2.61. The Morgan fingerprint density at radius 1 is 1.08 bits per heavy atom. The van der Waals surface area contributed by atoms with Gasteiger partial charge in [0, 0.05) is 19.4 Å². The molecule has 2 aliphatic carbocycles. The van der Waals surface area contributed by atoms with Crippen LogP contribution in [0.5, 0.6) is 0 Å². The first kappa shape index (κ1) is 8.13. The van der Waals surface area contributed by atoms with E-state index in [1.54, 1.807) is 0 Å². The van der Waals surface area contributed by atoms with Gasteiger partial charge >= 0.3 is 0 Å². The quantitative estimate of drug-likeness (QED) is 0.617. The molecule has 2 unspecified atom stereocenters. The van der Waals surface area contributed by atoms with E-state index in [4.69, 9.17) is 5.11 Å². The minimum Gasteiger partial charge on any atom is -0.396 e. The van der Waals surface area contributed by atoms with Gasteiger partial charge in [-0.05, 0) is 37.0 Å². The van der Waals surface area contributed by atoms with E-state index >= 15 is 0 Å². The molecule has 66 valence electrons. The van der Waals surface area contributed by atoms with E-state index in [-0.39, 0.29) is 0 Å². The summed E-state index contributed by atoms with van der Waals surface area (Å²) in [7, 11) is 0. The third-order valence-electron chi connectivity index (χ3n) is 3.30. The summed E-state index contributed by atoms with van der Waals surface area (Å²) in [4.78, 5) is 0. The van der Waals surface area contributed by atoms with E-state index in [1.165, 1.54) is 12.8 Å². The summed E-state index contributed by atoms with van der Waals surface area (Å²) < 4.78 is 0. The number of aliphatic hydroxyl groups excluding tert-OH is 1. The SMILES string of the molecule is OCCC1C2CCC#CCCC12. The molecular weight excluding hydrogens is 148 g/mol. The fraction of sp³-hybridized carbons (Fsp3) is 0.818. The molecule has 1 saturated carbocycles. The smallest absolute Gasteiger partial charge is 0.0433 e. The van der Waals surface area contributed by atoms with Crippen LogP contribution in [-0.2, 0) is 0 Å². The molecule has 1 N–H and O–H groups in total. The zero-order valence-electron chi connectivity index (χ0n) is 7.42. The first-order chi connectivity index (χ1) is 5.93. The largest absolute Gasteiger partial charge is 0.396 e. The van der Waals surface area contributed by atoms with Gasteiger partial charge in [-0.15, -0.1) is 11.8 Å². The Kier molecular flexibility index (Phi) is 2.37. The Morgan fingerprint density at radius 3 is 2.17 bits per heavy atom. The second-order valence-electron chi connectivity index (χ2n) is 3.93. The Morgan fingerprint density at radius 2 is 1.67 bits per heavy atom. The van der Waals surface area contributed by atoms with Crippen LogP contribution in [0.4, 0.5) is 0 Å². The van der Waals surface area contributed by atoms with Crippen LogP contribution >= 0.6 is 0 Å². The van der Waals surface area contributed by atoms with Crippen molar-refractivity contribution in [2.24, 2.45) is 17.8 Å². The predicted molar refractivity (Wildman–Crippen MR) is 48.4 cm³/mol. The van der Waals surface area contributed by atoms with Crippen LogP contribution in [0.15, 0.2) is 0 Å². The van der Waals surface area contributed by atoms with Gasteiger partial charge in [0.2, 0.25) is 0 Å². The number of aliphatic hydroxyl groups is 1. The van der Waals surface area contributed by atoms with Crippen LogP contribution in [0.3, 0.4) is 0 Å². The van der Waals surface area contributed by atoms with Gasteiger partial charge < -0.3 is 5.11 Å². The van der Waals surface area contributed by atoms with Crippen molar-refractivity contribution in [2.75, 3.05) is 6.61 Å². The zero-order valence-corrected chi connectivity index (χ0v) is 7.42. The molecule has 1 nitrogen and oxygen atoms in total. The summed E-state index contributed by atoms with van der Waals surface area (Å²) in [5.41, 5.74) is 0. The Hall–Kier alpha value is -0.480. The van der Waals surface area contributed by atoms with E-state index in [2.05, 4.69) is 11.8 Å². The highest BCUT2D eigenvalue weighted by atomic mass is 16.3. The van der Waals surface area contributed by atoms with Crippen molar-refractivity contribution in [3.05, 3.63) is 0 Å². The zero-order chi connectivity index (χ0) is 8.39. The molecule has 0 amide bonds. The number of hydrogen-bond acceptors (Lipinski definition) is 1. The molecule has 2 atom stereocenters. The first-order valence-corrected chi connectivity index (χ1v) is 5.00. The highest BCUT2D eigenvalue weighted by Crippen LogP contribution is 2.53. The van der Waals surface area contributed by atoms with Crippen molar-refractivity contribution in [1.29, 1.82) is 0 Å². The molecule has 0 radical (unpaired) electrons. The summed E-state index contributed by atoms with van der Waals surface area (Å²) in [6.07, 6.45) is 5.76. The summed E-state index contributed by atoms with van der Waals surface area (Å²) in [6, 6.07) is 0. The molecule has 0 aliphatic heterocycles. The standard InChI is InChI=1S/C11H16O/c12-8-7-11-9-5-3-1-2-4-6-10(9)11/h9-12H,3-8H2. The second kappa shape index (κ2) is 3.49. The average Bonchev–Trinajstić information content (AvgIpc) is 2.61. The van der Waals surface area contributed by atoms with Gasteiger partial charge in [-0.2, -0.15) is 0 Å². The van der Waals surface area contributed by atoms with Crippen molar-refractivity contribution >= 4 is 0 Å². The van der Waals surface area contributed by atoms with Crippen LogP contribution in [0.25, 0.3) is 0 Å². The van der Waals surface area contributed by atoms with Gasteiger partial charge in [0.1, 0.15) is 0 Å². The third kappa shape index (κ3) is 1.49. The molecule has 0 spiro atoms. The molecule has 0 aromatic heterocycles. The normalized spacial score (nSPS) is 38.6. The van der Waals surface area contributed by atoms with E-state index < -0.39 is 0 Å². The van der Waals surface area contributed by atoms with Gasteiger partial charge in [-0.3, -0.25) is 0 Å². The third-order valence-corrected chi connectivity index (χ3v) is 3.30. The molecular formula is C11H16O. The van der Waals surface area contributed by atoms with E-state index in [0.29, 0.717) is 6.61 Å². The molecule has 0 heterocycles. The van der Waals surface area contributed by atoms with Gasteiger partial charge in [0.15, 0.2) is 0 Å². The van der Waals surface area contributed by atoms with E-state index in [1.807, 2.05) is 0 Å². The summed E-state index contributed by atoms with van der Waals surface area (Å²) in [5.74, 6) is 9.04. The topological polar surface area (TPSA) is 20.2 Å². The van der Waals surface area contributed by atoms with Crippen molar-refractivity contribution in [3.63, 3.8) is 0 Å². The molecule has 0 aromatic carbocycles. The summed E-state index contributed by atoms with van der Waals surface area (Å²) in [5, 5.41) is 8.83. The van der Waals surface area contributed by atoms with Crippen molar-refractivity contribution in [2.45, 2.75) is 32.1 Å². The maximum Gasteiger partial charge on any atom is 0.0433 e. The van der Waals surface area contributed by atoms with Gasteiger partial charge in [-0.1, -0.05) is 0 Å². The van der Waals surface area contributed by atoms with Gasteiger partial charge in [-0.25, -0.2) is 0 Å². The van der Waals surface area contributed by atoms with Crippen molar-refractivity contribution < 1.29 is 5.11 Å². The van der Waals surface area contributed by atoms with Gasteiger partial charge in [0.25, 0.3) is 0 Å². The lowest BCUT2D eigenvalue weighted by Crippen LogP contribution is -1.87. The van der Waals surface area contributed by atoms with Crippen LogP contribution in [0, 0.1) is 29.6 Å². The van der Waals surface area contributed by atoms with E-state index in [9.17, 15) is 0 Å². The minimum absolute atomic E-state index is 0.374. The lowest BCUT2D eigenvalue weighted by atomic mass is 10.1. The summed E-state index contributed by atoms with van der Waals surface area (Å²) >= 11 is 0. The maximum atomic E-state index is 8.83. The maximum absolute atomic E-state index is 8.83. The lowest BCUT2D eigenvalue weighted by Gasteiger charge is -1.96. The van der Waals surface area contributed by atoms with Crippen LogP contribution in [-0.4, -0.2) is 11.7 Å². The van der Waals surface area contributed by atoms with Gasteiger partial charge in [0.05, 0.1) is 0 Å². The molecule has 1 fully saturated rings. The minimum atomic E-state index is 0.374. The molecule has 2 aliphatic rings. The van der Waals surface area contributed by atoms with Crippen molar-refractivity contribution in [3.8, 4) is 11.8 Å². The Labute approximate surface area is 74.2 Å². The average molecular weight is 164 g/mol. The highest BCUT2D eigenvalue weighted by Gasteiger charge is 2.47. The molecule has 0 aromatic rings.